The van der Waals surface area contributed by atoms with E-state index < -0.39 is 10.0 Å². The average Bonchev–Trinajstić information content (AvgIpc) is 3.63. The van der Waals surface area contributed by atoms with Crippen LogP contribution in [0, 0.1) is 6.92 Å². The molecular formula is C29H37N7O5S2. The van der Waals surface area contributed by atoms with Gasteiger partial charge in [0, 0.05) is 24.8 Å². The van der Waals surface area contributed by atoms with Crippen LogP contribution in [0.3, 0.4) is 0 Å². The van der Waals surface area contributed by atoms with Crippen molar-refractivity contribution in [2.24, 2.45) is 10.3 Å². The quantitative estimate of drug-likeness (QED) is 0.350. The van der Waals surface area contributed by atoms with E-state index in [1.54, 1.807) is 40.6 Å². The predicted octanol–water partition coefficient (Wildman–Crippen LogP) is 5.15. The molecule has 1 atom stereocenters. The van der Waals surface area contributed by atoms with Crippen LogP contribution in [-0.2, 0) is 20.2 Å². The zero-order valence-corrected chi connectivity index (χ0v) is 26.8. The van der Waals surface area contributed by atoms with Gasteiger partial charge in [-0.25, -0.2) is 18.4 Å². The highest BCUT2D eigenvalue weighted by Gasteiger charge is 2.28. The average molecular weight is 628 g/mol. The number of nitrogens with one attached hydrogen (secondary N) is 2. The molecule has 1 amide bonds. The predicted molar refractivity (Wildman–Crippen MR) is 169 cm³/mol. The van der Waals surface area contributed by atoms with Gasteiger partial charge in [-0.3, -0.25) is 9.52 Å². The third-order valence-electron chi connectivity index (χ3n) is 7.22. The molecule has 1 fully saturated rings. The Hall–Kier alpha value is -3.75. The number of ether oxygens (including phenoxy) is 2. The van der Waals surface area contributed by atoms with Gasteiger partial charge in [-0.2, -0.15) is 5.11 Å². The van der Waals surface area contributed by atoms with Crippen molar-refractivity contribution in [3.05, 3.63) is 58.1 Å². The summed E-state index contributed by atoms with van der Waals surface area (Å²) in [4.78, 5) is 21.4. The molecule has 1 unspecified atom stereocenters. The van der Waals surface area contributed by atoms with Crippen molar-refractivity contribution in [1.29, 1.82) is 0 Å². The van der Waals surface area contributed by atoms with Crippen LogP contribution >= 0.6 is 11.3 Å². The Labute approximate surface area is 256 Å². The van der Waals surface area contributed by atoms with Crippen LogP contribution in [0.2, 0.25) is 0 Å². The van der Waals surface area contributed by atoms with Gasteiger partial charge in [-0.15, -0.1) is 0 Å². The Kier molecular flexibility index (Phi) is 8.63. The number of carbonyl (C=O) groups excluding carboxylic acids is 1. The van der Waals surface area contributed by atoms with E-state index in [2.05, 4.69) is 30.3 Å². The molecule has 12 nitrogen and oxygen atoms in total. The highest BCUT2D eigenvalue weighted by molar-refractivity contribution is 7.92. The summed E-state index contributed by atoms with van der Waals surface area (Å²) in [6.07, 6.45) is 2.94. The first-order valence-corrected chi connectivity index (χ1v) is 16.6. The number of aromatic nitrogens is 1. The number of aryl methyl sites for hydroxylation is 1. The number of anilines is 4. The molecule has 2 aliphatic heterocycles. The summed E-state index contributed by atoms with van der Waals surface area (Å²) < 4.78 is 37.7. The Bertz CT molecular complexity index is 1640. The lowest BCUT2D eigenvalue weighted by Crippen LogP contribution is -2.36. The summed E-state index contributed by atoms with van der Waals surface area (Å²) >= 11 is 1.62. The molecule has 0 spiro atoms. The molecule has 5 rings (SSSR count). The van der Waals surface area contributed by atoms with Crippen LogP contribution in [0.15, 0.2) is 46.9 Å². The van der Waals surface area contributed by atoms with Crippen LogP contribution in [-0.4, -0.2) is 65.5 Å². The van der Waals surface area contributed by atoms with Crippen LogP contribution in [0.25, 0.3) is 0 Å². The van der Waals surface area contributed by atoms with Crippen molar-refractivity contribution in [2.75, 3.05) is 66.2 Å². The molecule has 2 N–H and O–H groups in total. The van der Waals surface area contributed by atoms with Crippen molar-refractivity contribution in [1.82, 2.24) is 4.98 Å². The van der Waals surface area contributed by atoms with Gasteiger partial charge in [0.05, 0.1) is 55.1 Å². The topological polar surface area (TPSA) is 138 Å². The highest BCUT2D eigenvalue weighted by Crippen LogP contribution is 2.40. The second kappa shape index (κ2) is 12.1. The molecule has 43 heavy (non-hydrogen) atoms. The molecule has 0 aliphatic carbocycles. The lowest BCUT2D eigenvalue weighted by molar-refractivity contribution is 0.102. The summed E-state index contributed by atoms with van der Waals surface area (Å²) in [6, 6.07) is 8.77. The third kappa shape index (κ3) is 7.08. The number of amides is 1. The highest BCUT2D eigenvalue weighted by atomic mass is 32.2. The molecule has 2 aromatic carbocycles. The molecule has 3 aromatic rings. The summed E-state index contributed by atoms with van der Waals surface area (Å²) in [7, 11) is -2.17. The number of rotatable bonds is 8. The largest absolute Gasteiger partial charge is 0.492 e. The van der Waals surface area contributed by atoms with Crippen molar-refractivity contribution >= 4 is 49.5 Å². The molecule has 0 bridgehead atoms. The minimum Gasteiger partial charge on any atom is -0.492 e. The normalized spacial score (nSPS) is 17.3. The fourth-order valence-electron chi connectivity index (χ4n) is 4.86. The maximum atomic E-state index is 13.6. The molecule has 2 aliphatic rings. The van der Waals surface area contributed by atoms with Gasteiger partial charge in [0.1, 0.15) is 6.04 Å². The van der Waals surface area contributed by atoms with Gasteiger partial charge in [-0.05, 0) is 47.7 Å². The van der Waals surface area contributed by atoms with Crippen LogP contribution in [0.1, 0.15) is 53.2 Å². The molecule has 1 saturated heterocycles. The van der Waals surface area contributed by atoms with Gasteiger partial charge >= 0.3 is 0 Å². The van der Waals surface area contributed by atoms with Gasteiger partial charge in [0.15, 0.2) is 10.9 Å². The lowest BCUT2D eigenvalue weighted by Gasteiger charge is -2.26. The van der Waals surface area contributed by atoms with E-state index in [4.69, 9.17) is 9.47 Å². The number of nitrogens with zero attached hydrogens (tertiary/aromatic N) is 5. The van der Waals surface area contributed by atoms with Gasteiger partial charge in [-0.1, -0.05) is 43.4 Å². The second-order valence-corrected chi connectivity index (χ2v) is 14.4. The number of sulfonamides is 1. The second-order valence-electron chi connectivity index (χ2n) is 11.6. The third-order valence-corrected chi connectivity index (χ3v) is 8.97. The number of carbonyl (C=O) groups is 1. The van der Waals surface area contributed by atoms with E-state index in [9.17, 15) is 13.2 Å². The molecule has 0 radical (unpaired) electrons. The molecule has 0 saturated carbocycles. The van der Waals surface area contributed by atoms with E-state index in [1.165, 1.54) is 7.11 Å². The first-order chi connectivity index (χ1) is 20.3. The van der Waals surface area contributed by atoms with Gasteiger partial charge in [0.25, 0.3) is 5.91 Å². The SMILES string of the molecule is COc1c(NC(=O)c2ccc(C)c(N3CC(c4cnc(N5CCOCC5)s4)N=N3)c2)cc(C(C)(C)C)cc1NS(C)(=O)=O. The Morgan fingerprint density at radius 1 is 1.14 bits per heavy atom. The molecule has 230 valence electrons. The smallest absolute Gasteiger partial charge is 0.255 e. The van der Waals surface area contributed by atoms with Crippen LogP contribution in [0.5, 0.6) is 5.75 Å². The van der Waals surface area contributed by atoms with Crippen molar-refractivity contribution in [2.45, 2.75) is 39.2 Å². The summed E-state index contributed by atoms with van der Waals surface area (Å²) in [5, 5.41) is 14.6. The fourth-order valence-corrected chi connectivity index (χ4v) is 6.40. The van der Waals surface area contributed by atoms with E-state index >= 15 is 0 Å². The number of thiazole rings is 1. The lowest BCUT2D eigenvalue weighted by atomic mass is 9.86. The molecule has 1 aromatic heterocycles. The van der Waals surface area contributed by atoms with Crippen molar-refractivity contribution in [3.8, 4) is 5.75 Å². The number of morpholine rings is 1. The molecule has 3 heterocycles. The minimum absolute atomic E-state index is 0.158. The van der Waals surface area contributed by atoms with E-state index in [0.29, 0.717) is 31.0 Å². The summed E-state index contributed by atoms with van der Waals surface area (Å²) in [5.41, 5.74) is 3.23. The summed E-state index contributed by atoms with van der Waals surface area (Å²) in [5.74, 6) is -0.155. The standard InChI is InChI=1S/C29H37N7O5S2/c1-18-7-8-19(27(37)31-21-14-20(29(2,3)4)15-22(26(21)40-5)33-43(6,38)39)13-24(18)36-17-23(32-34-36)25-16-30-28(42-25)35-9-11-41-12-10-35/h7-8,13-16,23,33H,9-12,17H2,1-6H3,(H,31,37). The first-order valence-electron chi connectivity index (χ1n) is 13.9. The minimum atomic E-state index is -3.60. The van der Waals surface area contributed by atoms with Crippen LogP contribution < -0.4 is 24.7 Å². The zero-order valence-electron chi connectivity index (χ0n) is 25.2. The van der Waals surface area contributed by atoms with E-state index in [0.717, 1.165) is 46.2 Å². The number of hydrogen-bond donors (Lipinski definition) is 2. The van der Waals surface area contributed by atoms with Gasteiger partial charge < -0.3 is 19.7 Å². The monoisotopic (exact) mass is 627 g/mol. The van der Waals surface area contributed by atoms with Crippen molar-refractivity contribution in [3.63, 3.8) is 0 Å². The van der Waals surface area contributed by atoms with Crippen LogP contribution in [0.4, 0.5) is 22.2 Å². The fraction of sp³-hybridized carbons (Fsp3) is 0.448. The Morgan fingerprint density at radius 3 is 2.53 bits per heavy atom. The van der Waals surface area contributed by atoms with E-state index in [-0.39, 0.29) is 28.8 Å². The molecule has 14 heteroatoms. The van der Waals surface area contributed by atoms with E-state index in [1.807, 2.05) is 40.0 Å². The Balaban J connectivity index is 1.36. The maximum Gasteiger partial charge on any atom is 0.255 e. The zero-order chi connectivity index (χ0) is 30.9. The number of methoxy groups -OCH3 is 1. The Morgan fingerprint density at radius 2 is 1.86 bits per heavy atom. The summed E-state index contributed by atoms with van der Waals surface area (Å²) in [6.45, 7) is 11.5. The van der Waals surface area contributed by atoms with Crippen molar-refractivity contribution < 1.29 is 22.7 Å². The molecular weight excluding hydrogens is 590 g/mol. The first kappa shape index (κ1) is 30.7. The number of hydrogen-bond acceptors (Lipinski definition) is 11. The number of benzene rings is 2. The van der Waals surface area contributed by atoms with Gasteiger partial charge in [0.2, 0.25) is 10.0 Å². The maximum absolute atomic E-state index is 13.6.